The Morgan fingerprint density at radius 3 is 2.32 bits per heavy atom. The van der Waals surface area contributed by atoms with E-state index in [0.717, 1.165) is 11.1 Å². The Morgan fingerprint density at radius 1 is 0.920 bits per heavy atom. The molecule has 0 aliphatic rings. The van der Waals surface area contributed by atoms with Crippen molar-refractivity contribution in [3.63, 3.8) is 0 Å². The van der Waals surface area contributed by atoms with Gasteiger partial charge in [0.25, 0.3) is 5.91 Å². The number of benzene rings is 1. The van der Waals surface area contributed by atoms with Crippen LogP contribution in [0.25, 0.3) is 0 Å². The number of carbonyl (C=O) groups excluding carboxylic acids is 1. The van der Waals surface area contributed by atoms with E-state index >= 15 is 0 Å². The molecule has 7 heteroatoms. The molecule has 0 aliphatic carbocycles. The van der Waals surface area contributed by atoms with Gasteiger partial charge in [-0.2, -0.15) is 0 Å². The summed E-state index contributed by atoms with van der Waals surface area (Å²) in [7, 11) is 0. The van der Waals surface area contributed by atoms with Gasteiger partial charge in [-0.1, -0.05) is 23.7 Å². The van der Waals surface area contributed by atoms with Crippen molar-refractivity contribution in [1.29, 1.82) is 0 Å². The van der Waals surface area contributed by atoms with Gasteiger partial charge in [-0.25, -0.2) is 9.97 Å². The molecular weight excluding hydrogens is 338 g/mol. The van der Waals surface area contributed by atoms with E-state index in [2.05, 4.69) is 25.6 Å². The second-order valence-electron chi connectivity index (χ2n) is 5.31. The summed E-state index contributed by atoms with van der Waals surface area (Å²) < 4.78 is 0. The number of hydrogen-bond acceptors (Lipinski definition) is 5. The Bertz CT molecular complexity index is 822. The maximum atomic E-state index is 12.1. The molecule has 0 saturated carbocycles. The molecule has 6 nitrogen and oxygen atoms in total. The third-order valence-electron chi connectivity index (χ3n) is 3.47. The highest BCUT2D eigenvalue weighted by Gasteiger charge is 2.07. The Kier molecular flexibility index (Phi) is 5.53. The van der Waals surface area contributed by atoms with Gasteiger partial charge in [0, 0.05) is 30.5 Å². The molecule has 0 fully saturated rings. The van der Waals surface area contributed by atoms with Gasteiger partial charge >= 0.3 is 0 Å². The molecular formula is C18H16ClN5O. The Balaban J connectivity index is 1.52. The van der Waals surface area contributed by atoms with Crippen molar-refractivity contribution in [2.75, 3.05) is 5.32 Å². The lowest BCUT2D eigenvalue weighted by Crippen LogP contribution is -2.24. The van der Waals surface area contributed by atoms with E-state index in [1.807, 2.05) is 36.4 Å². The fourth-order valence-corrected chi connectivity index (χ4v) is 2.23. The summed E-state index contributed by atoms with van der Waals surface area (Å²) in [6.07, 6.45) is 6.36. The zero-order valence-corrected chi connectivity index (χ0v) is 14.1. The minimum Gasteiger partial charge on any atom is -0.365 e. The van der Waals surface area contributed by atoms with Crippen LogP contribution in [0, 0.1) is 0 Å². The molecule has 126 valence electrons. The lowest BCUT2D eigenvalue weighted by molar-refractivity contribution is 0.0945. The number of aromatic nitrogens is 3. The molecule has 0 spiro atoms. The van der Waals surface area contributed by atoms with E-state index in [1.54, 1.807) is 12.4 Å². The summed E-state index contributed by atoms with van der Waals surface area (Å²) in [4.78, 5) is 24.4. The van der Waals surface area contributed by atoms with E-state index < -0.39 is 0 Å². The van der Waals surface area contributed by atoms with Gasteiger partial charge in [0.2, 0.25) is 0 Å². The predicted octanol–water partition coefficient (Wildman–Crippen LogP) is 3.07. The van der Waals surface area contributed by atoms with Crippen molar-refractivity contribution < 1.29 is 4.79 Å². The smallest absolute Gasteiger partial charge is 0.271 e. The van der Waals surface area contributed by atoms with E-state index in [1.165, 1.54) is 12.4 Å². The quantitative estimate of drug-likeness (QED) is 0.712. The zero-order valence-electron chi connectivity index (χ0n) is 13.3. The molecule has 2 N–H and O–H groups in total. The SMILES string of the molecule is O=C(NCc1ccncc1)c1cnc(NCc2ccc(Cl)cc2)cn1. The van der Waals surface area contributed by atoms with Crippen molar-refractivity contribution in [2.24, 2.45) is 0 Å². The maximum Gasteiger partial charge on any atom is 0.271 e. The van der Waals surface area contributed by atoms with Crippen LogP contribution in [-0.2, 0) is 13.1 Å². The summed E-state index contributed by atoms with van der Waals surface area (Å²) in [5.74, 6) is 0.328. The molecule has 0 aliphatic heterocycles. The van der Waals surface area contributed by atoms with E-state index in [9.17, 15) is 4.79 Å². The first-order valence-corrected chi connectivity index (χ1v) is 8.06. The molecule has 3 aromatic rings. The van der Waals surface area contributed by atoms with Gasteiger partial charge in [-0.15, -0.1) is 0 Å². The van der Waals surface area contributed by atoms with Crippen LogP contribution in [0.5, 0.6) is 0 Å². The lowest BCUT2D eigenvalue weighted by Gasteiger charge is -2.07. The highest BCUT2D eigenvalue weighted by atomic mass is 35.5. The van der Waals surface area contributed by atoms with Crippen LogP contribution in [0.1, 0.15) is 21.6 Å². The monoisotopic (exact) mass is 353 g/mol. The predicted molar refractivity (Wildman–Crippen MR) is 96.2 cm³/mol. The van der Waals surface area contributed by atoms with Gasteiger partial charge < -0.3 is 10.6 Å². The largest absolute Gasteiger partial charge is 0.365 e. The standard InChI is InChI=1S/C18H16ClN5O/c19-15-3-1-13(2-4-15)9-22-17-12-21-16(11-23-17)18(25)24-10-14-5-7-20-8-6-14/h1-8,11-12H,9-10H2,(H,22,23)(H,24,25). The Hall–Kier alpha value is -2.99. The van der Waals surface area contributed by atoms with Crippen molar-refractivity contribution >= 4 is 23.3 Å². The molecule has 2 aromatic heterocycles. The van der Waals surface area contributed by atoms with Crippen molar-refractivity contribution in [3.8, 4) is 0 Å². The molecule has 0 unspecified atom stereocenters. The van der Waals surface area contributed by atoms with Gasteiger partial charge in [0.05, 0.1) is 12.4 Å². The normalized spacial score (nSPS) is 10.3. The maximum absolute atomic E-state index is 12.1. The van der Waals surface area contributed by atoms with Gasteiger partial charge in [0.1, 0.15) is 11.5 Å². The summed E-state index contributed by atoms with van der Waals surface area (Å²) >= 11 is 5.86. The second kappa shape index (κ2) is 8.21. The average Bonchev–Trinajstić information content (AvgIpc) is 2.67. The molecule has 1 amide bonds. The number of amides is 1. The second-order valence-corrected chi connectivity index (χ2v) is 5.74. The minimum atomic E-state index is -0.270. The molecule has 3 rings (SSSR count). The third-order valence-corrected chi connectivity index (χ3v) is 3.73. The highest BCUT2D eigenvalue weighted by molar-refractivity contribution is 6.30. The van der Waals surface area contributed by atoms with Crippen LogP contribution in [0.2, 0.25) is 5.02 Å². The van der Waals surface area contributed by atoms with Gasteiger partial charge in [-0.05, 0) is 35.4 Å². The van der Waals surface area contributed by atoms with Crippen LogP contribution >= 0.6 is 11.6 Å². The van der Waals surface area contributed by atoms with Crippen LogP contribution in [-0.4, -0.2) is 20.9 Å². The average molecular weight is 354 g/mol. The van der Waals surface area contributed by atoms with E-state index in [0.29, 0.717) is 23.9 Å². The molecule has 0 saturated heterocycles. The van der Waals surface area contributed by atoms with E-state index in [-0.39, 0.29) is 11.6 Å². The van der Waals surface area contributed by atoms with E-state index in [4.69, 9.17) is 11.6 Å². The fourth-order valence-electron chi connectivity index (χ4n) is 2.10. The van der Waals surface area contributed by atoms with Crippen LogP contribution in [0.3, 0.4) is 0 Å². The number of hydrogen-bond donors (Lipinski definition) is 2. The number of carbonyl (C=O) groups is 1. The number of pyridine rings is 1. The Labute approximate surface area is 150 Å². The Morgan fingerprint density at radius 2 is 1.64 bits per heavy atom. The van der Waals surface area contributed by atoms with Crippen molar-refractivity contribution in [3.05, 3.63) is 83.0 Å². The van der Waals surface area contributed by atoms with Crippen molar-refractivity contribution in [2.45, 2.75) is 13.1 Å². The number of rotatable bonds is 6. The fraction of sp³-hybridized carbons (Fsp3) is 0.111. The minimum absolute atomic E-state index is 0.270. The van der Waals surface area contributed by atoms with Gasteiger partial charge in [0.15, 0.2) is 0 Å². The third kappa shape index (κ3) is 4.99. The molecule has 0 bridgehead atoms. The zero-order chi connectivity index (χ0) is 17.5. The van der Waals surface area contributed by atoms with Gasteiger partial charge in [-0.3, -0.25) is 9.78 Å². The molecule has 1 aromatic carbocycles. The number of nitrogens with zero attached hydrogens (tertiary/aromatic N) is 3. The van der Waals surface area contributed by atoms with Crippen molar-refractivity contribution in [1.82, 2.24) is 20.3 Å². The summed E-state index contributed by atoms with van der Waals surface area (Å²) in [5, 5.41) is 6.64. The first-order valence-electron chi connectivity index (χ1n) is 7.68. The van der Waals surface area contributed by atoms with Crippen LogP contribution < -0.4 is 10.6 Å². The first kappa shape index (κ1) is 16.9. The molecule has 0 radical (unpaired) electrons. The number of anilines is 1. The molecule has 25 heavy (non-hydrogen) atoms. The first-order chi connectivity index (χ1) is 12.2. The summed E-state index contributed by atoms with van der Waals surface area (Å²) in [6.45, 7) is 1.01. The lowest BCUT2D eigenvalue weighted by atomic mass is 10.2. The van der Waals surface area contributed by atoms with Crippen LogP contribution in [0.15, 0.2) is 61.2 Å². The number of halogens is 1. The molecule has 0 atom stereocenters. The summed E-state index contributed by atoms with van der Waals surface area (Å²) in [6, 6.07) is 11.2. The topological polar surface area (TPSA) is 79.8 Å². The number of nitrogens with one attached hydrogen (secondary N) is 2. The van der Waals surface area contributed by atoms with Crippen LogP contribution in [0.4, 0.5) is 5.82 Å². The molecule has 2 heterocycles. The highest BCUT2D eigenvalue weighted by Crippen LogP contribution is 2.11. The summed E-state index contributed by atoms with van der Waals surface area (Å²) in [5.41, 5.74) is 2.31.